The molecule has 43 heavy (non-hydrogen) atoms. The van der Waals surface area contributed by atoms with Gasteiger partial charge in [0.15, 0.2) is 5.78 Å². The molecule has 1 atom stereocenters. The predicted octanol–water partition coefficient (Wildman–Crippen LogP) is 5.56. The lowest BCUT2D eigenvalue weighted by Crippen LogP contribution is -2.54. The molecule has 2 heterocycles. The van der Waals surface area contributed by atoms with Gasteiger partial charge < -0.3 is 25.5 Å². The predicted molar refractivity (Wildman–Crippen MR) is 167 cm³/mol. The van der Waals surface area contributed by atoms with Gasteiger partial charge in [-0.3, -0.25) is 14.4 Å². The van der Waals surface area contributed by atoms with Gasteiger partial charge in [-0.05, 0) is 68.1 Å². The number of Topliss-reactive ketones (excluding diaryl/α,β-unsaturated/α-hetero) is 1. The average molecular weight is 605 g/mol. The van der Waals surface area contributed by atoms with Crippen molar-refractivity contribution >= 4 is 58.0 Å². The maximum atomic E-state index is 14.2. The van der Waals surface area contributed by atoms with Crippen molar-refractivity contribution in [3.05, 3.63) is 75.0 Å². The second kappa shape index (κ2) is 12.4. The summed E-state index contributed by atoms with van der Waals surface area (Å²) in [6.45, 7) is 11.0. The summed E-state index contributed by atoms with van der Waals surface area (Å²) >= 11 is 1.50. The van der Waals surface area contributed by atoms with Crippen LogP contribution in [0.5, 0.6) is 0 Å². The Morgan fingerprint density at radius 3 is 2.35 bits per heavy atom. The number of carboxylic acids is 1. The summed E-state index contributed by atoms with van der Waals surface area (Å²) in [6.07, 6.45) is 0.182. The van der Waals surface area contributed by atoms with Crippen molar-refractivity contribution in [2.75, 3.05) is 28.2 Å². The van der Waals surface area contributed by atoms with E-state index in [0.717, 1.165) is 15.3 Å². The van der Waals surface area contributed by atoms with Crippen molar-refractivity contribution in [1.29, 1.82) is 0 Å². The number of nitrogens with zero attached hydrogens (tertiary/aromatic N) is 2. The minimum Gasteiger partial charge on any atom is -0.478 e. The topological polar surface area (TPSA) is 136 Å². The first-order valence-corrected chi connectivity index (χ1v) is 14.7. The summed E-state index contributed by atoms with van der Waals surface area (Å²) < 4.78 is 0. The fourth-order valence-corrected chi connectivity index (χ4v) is 5.93. The third-order valence-corrected chi connectivity index (χ3v) is 7.91. The Morgan fingerprint density at radius 1 is 1.00 bits per heavy atom. The van der Waals surface area contributed by atoms with E-state index in [2.05, 4.69) is 10.6 Å². The Balaban J connectivity index is 1.73. The van der Waals surface area contributed by atoms with Crippen molar-refractivity contribution in [1.82, 2.24) is 5.32 Å². The standard InChI is InChI=1S/C32H36N4O6S/c1-18-10-11-25-26(12-18)36(17-27(37)23-13-19(2)43-20(23)3)29(39)24(16-35(25)28(38)15-32(4,5)6)34-31(42)33-22-9-7-8-21(14-22)30(40)41/h7-14,24H,15-17H2,1-6H3,(H,40,41)(H2,33,34,42). The van der Waals surface area contributed by atoms with Gasteiger partial charge in [0, 0.05) is 27.4 Å². The largest absolute Gasteiger partial charge is 0.478 e. The Kier molecular flexibility index (Phi) is 9.05. The number of aromatic carboxylic acids is 1. The molecule has 4 amide bonds. The van der Waals surface area contributed by atoms with E-state index in [0.29, 0.717) is 16.9 Å². The fourth-order valence-electron chi connectivity index (χ4n) is 4.99. The number of thiophene rings is 1. The van der Waals surface area contributed by atoms with Crippen LogP contribution >= 0.6 is 11.3 Å². The van der Waals surface area contributed by atoms with Crippen molar-refractivity contribution in [2.24, 2.45) is 5.41 Å². The number of hydrogen-bond donors (Lipinski definition) is 3. The molecule has 1 aliphatic heterocycles. The van der Waals surface area contributed by atoms with E-state index in [1.807, 2.05) is 47.6 Å². The first-order valence-electron chi connectivity index (χ1n) is 13.9. The lowest BCUT2D eigenvalue weighted by molar-refractivity contribution is -0.121. The van der Waals surface area contributed by atoms with E-state index in [4.69, 9.17) is 0 Å². The number of benzene rings is 2. The molecule has 3 N–H and O–H groups in total. The maximum Gasteiger partial charge on any atom is 0.335 e. The average Bonchev–Trinajstić information content (AvgIpc) is 3.21. The molecule has 3 aromatic rings. The van der Waals surface area contributed by atoms with Gasteiger partial charge in [-0.2, -0.15) is 0 Å². The van der Waals surface area contributed by atoms with Crippen molar-refractivity contribution in [2.45, 2.75) is 54.0 Å². The van der Waals surface area contributed by atoms with Crippen molar-refractivity contribution in [3.63, 3.8) is 0 Å². The molecule has 0 aliphatic carbocycles. The maximum absolute atomic E-state index is 14.2. The van der Waals surface area contributed by atoms with Crippen LogP contribution in [0.1, 0.15) is 63.2 Å². The monoisotopic (exact) mass is 604 g/mol. The van der Waals surface area contributed by atoms with Gasteiger partial charge in [0.1, 0.15) is 6.04 Å². The highest BCUT2D eigenvalue weighted by molar-refractivity contribution is 7.12. The van der Waals surface area contributed by atoms with Gasteiger partial charge >= 0.3 is 12.0 Å². The molecule has 0 saturated carbocycles. The van der Waals surface area contributed by atoms with Gasteiger partial charge in [0.2, 0.25) is 5.91 Å². The first kappa shape index (κ1) is 31.4. The van der Waals surface area contributed by atoms with Crippen LogP contribution in [-0.2, 0) is 9.59 Å². The number of anilines is 3. The molecule has 0 radical (unpaired) electrons. The minimum atomic E-state index is -1.21. The fraction of sp³-hybridized carbons (Fsp3) is 0.344. The van der Waals surface area contributed by atoms with Crippen LogP contribution in [-0.4, -0.2) is 53.8 Å². The van der Waals surface area contributed by atoms with E-state index in [-0.39, 0.29) is 47.9 Å². The summed E-state index contributed by atoms with van der Waals surface area (Å²) in [7, 11) is 0. The second-order valence-electron chi connectivity index (χ2n) is 11.9. The quantitative estimate of drug-likeness (QED) is 0.302. The number of rotatable bonds is 7. The molecule has 0 bridgehead atoms. The van der Waals surface area contributed by atoms with E-state index < -0.39 is 23.9 Å². The van der Waals surface area contributed by atoms with E-state index in [1.54, 1.807) is 18.2 Å². The number of nitrogens with one attached hydrogen (secondary N) is 2. The molecule has 10 nitrogen and oxygen atoms in total. The Hall–Kier alpha value is -4.51. The summed E-state index contributed by atoms with van der Waals surface area (Å²) in [5.41, 5.74) is 2.08. The van der Waals surface area contributed by atoms with Gasteiger partial charge in [-0.15, -0.1) is 11.3 Å². The van der Waals surface area contributed by atoms with Crippen LogP contribution in [0.4, 0.5) is 21.9 Å². The molecule has 4 rings (SSSR count). The number of carbonyl (C=O) groups excluding carboxylic acids is 4. The summed E-state index contributed by atoms with van der Waals surface area (Å²) in [5.74, 6) is -2.19. The molecule has 2 aromatic carbocycles. The normalized spacial score (nSPS) is 15.0. The van der Waals surface area contributed by atoms with Gasteiger partial charge in [-0.25, -0.2) is 9.59 Å². The molecule has 1 aromatic heterocycles. The van der Waals surface area contributed by atoms with Gasteiger partial charge in [-0.1, -0.05) is 32.9 Å². The second-order valence-corrected chi connectivity index (χ2v) is 13.4. The highest BCUT2D eigenvalue weighted by atomic mass is 32.1. The van der Waals surface area contributed by atoms with E-state index in [9.17, 15) is 29.1 Å². The van der Waals surface area contributed by atoms with Crippen molar-refractivity contribution in [3.8, 4) is 0 Å². The Labute approximate surface area is 254 Å². The third-order valence-electron chi connectivity index (χ3n) is 6.94. The number of urea groups is 1. The number of hydrogen-bond acceptors (Lipinski definition) is 6. The number of carboxylic acid groups (broad SMARTS) is 1. The molecule has 0 fully saturated rings. The zero-order valence-electron chi connectivity index (χ0n) is 25.1. The number of fused-ring (bicyclic) bond motifs is 1. The van der Waals surface area contributed by atoms with Crippen molar-refractivity contribution < 1.29 is 29.1 Å². The summed E-state index contributed by atoms with van der Waals surface area (Å²) in [5, 5.41) is 14.5. The molecule has 1 unspecified atom stereocenters. The lowest BCUT2D eigenvalue weighted by atomic mass is 9.91. The highest BCUT2D eigenvalue weighted by Gasteiger charge is 2.38. The SMILES string of the molecule is Cc1ccc2c(c1)N(CC(=O)c1cc(C)sc1C)C(=O)C(NC(=O)Nc1cccc(C(=O)O)c1)CN2C(=O)CC(C)(C)C. The summed E-state index contributed by atoms with van der Waals surface area (Å²) in [4.78, 5) is 70.6. The Bertz CT molecular complexity index is 1610. The van der Waals surface area contributed by atoms with Crippen LogP contribution in [0.3, 0.4) is 0 Å². The minimum absolute atomic E-state index is 0.0169. The van der Waals surface area contributed by atoms with E-state index in [1.165, 1.54) is 45.4 Å². The van der Waals surface area contributed by atoms with Gasteiger partial charge in [0.05, 0.1) is 30.0 Å². The van der Waals surface area contributed by atoms with Crippen LogP contribution in [0, 0.1) is 26.2 Å². The molecule has 226 valence electrons. The Morgan fingerprint density at radius 2 is 1.72 bits per heavy atom. The van der Waals surface area contributed by atoms with Crippen LogP contribution in [0.25, 0.3) is 0 Å². The molecular formula is C32H36N4O6S. The smallest absolute Gasteiger partial charge is 0.335 e. The lowest BCUT2D eigenvalue weighted by Gasteiger charge is -2.28. The zero-order valence-corrected chi connectivity index (χ0v) is 25.9. The molecule has 0 saturated heterocycles. The number of aryl methyl sites for hydroxylation is 3. The zero-order chi connectivity index (χ0) is 31.6. The van der Waals surface area contributed by atoms with E-state index >= 15 is 0 Å². The van der Waals surface area contributed by atoms with Crippen LogP contribution in [0.2, 0.25) is 0 Å². The highest BCUT2D eigenvalue weighted by Crippen LogP contribution is 2.36. The first-order chi connectivity index (χ1) is 20.1. The molecule has 0 spiro atoms. The molecule has 1 aliphatic rings. The molecular weight excluding hydrogens is 568 g/mol. The number of ketones is 1. The van der Waals surface area contributed by atoms with Crippen LogP contribution < -0.4 is 20.4 Å². The third kappa shape index (κ3) is 7.47. The number of carbonyl (C=O) groups is 5. The number of amides is 4. The molecule has 11 heteroatoms. The summed E-state index contributed by atoms with van der Waals surface area (Å²) in [6, 6.07) is 10.9. The van der Waals surface area contributed by atoms with Crippen LogP contribution in [0.15, 0.2) is 48.5 Å². The van der Waals surface area contributed by atoms with Gasteiger partial charge in [0.25, 0.3) is 5.91 Å².